The van der Waals surface area contributed by atoms with Crippen LogP contribution >= 0.6 is 0 Å². The molecule has 2 N–H and O–H groups in total. The molecule has 5 nitrogen and oxygen atoms in total. The third-order valence-electron chi connectivity index (χ3n) is 10.9. The highest BCUT2D eigenvalue weighted by molar-refractivity contribution is 5.75. The van der Waals surface area contributed by atoms with Gasteiger partial charge in [-0.25, -0.2) is 0 Å². The summed E-state index contributed by atoms with van der Waals surface area (Å²) in [6, 6.07) is 0. The number of carbonyl (C=O) groups is 2. The number of rotatable bonds is 8. The smallest absolute Gasteiger partial charge is 0.305 e. The largest absolute Gasteiger partial charge is 0.469 e. The van der Waals surface area contributed by atoms with Gasteiger partial charge in [-0.05, 0) is 105 Å². The lowest BCUT2D eigenvalue weighted by molar-refractivity contribution is -0.162. The van der Waals surface area contributed by atoms with E-state index >= 15 is 0 Å². The van der Waals surface area contributed by atoms with E-state index in [0.29, 0.717) is 60.3 Å². The molecule has 0 aromatic heterocycles. The van der Waals surface area contributed by atoms with E-state index < -0.39 is 0 Å². The first-order valence-electron chi connectivity index (χ1n) is 13.8. The minimum Gasteiger partial charge on any atom is -0.469 e. The fourth-order valence-corrected chi connectivity index (χ4v) is 9.00. The summed E-state index contributed by atoms with van der Waals surface area (Å²) >= 11 is 0. The van der Waals surface area contributed by atoms with Crippen LogP contribution in [0.15, 0.2) is 0 Å². The number of aliphatic hydroxyl groups is 1. The molecule has 8 atom stereocenters. The third-order valence-corrected chi connectivity index (χ3v) is 10.9. The van der Waals surface area contributed by atoms with Gasteiger partial charge in [-0.1, -0.05) is 26.7 Å². The summed E-state index contributed by atoms with van der Waals surface area (Å²) in [5, 5.41) is 14.3. The Morgan fingerprint density at radius 1 is 0.970 bits per heavy atom. The highest BCUT2D eigenvalue weighted by Crippen LogP contribution is 2.67. The Morgan fingerprint density at radius 3 is 2.55 bits per heavy atom. The average molecular weight is 462 g/mol. The monoisotopic (exact) mass is 461 g/mol. The number of fused-ring (bicyclic) bond motifs is 5. The lowest BCUT2D eigenvalue weighted by Gasteiger charge is -2.62. The highest BCUT2D eigenvalue weighted by atomic mass is 16.5. The lowest BCUT2D eigenvalue weighted by atomic mass is 9.44. The van der Waals surface area contributed by atoms with Gasteiger partial charge >= 0.3 is 5.97 Å². The zero-order chi connectivity index (χ0) is 23.6. The molecule has 0 aromatic rings. The van der Waals surface area contributed by atoms with Crippen LogP contribution < -0.4 is 5.32 Å². The van der Waals surface area contributed by atoms with Crippen molar-refractivity contribution in [3.63, 3.8) is 0 Å². The summed E-state index contributed by atoms with van der Waals surface area (Å²) in [6.07, 6.45) is 15.1. The van der Waals surface area contributed by atoms with E-state index in [2.05, 4.69) is 23.9 Å². The molecule has 188 valence electrons. The van der Waals surface area contributed by atoms with E-state index in [1.807, 2.05) is 0 Å². The Kier molecular flexibility index (Phi) is 7.77. The van der Waals surface area contributed by atoms with Gasteiger partial charge in [0.25, 0.3) is 0 Å². The normalized spacial score (nSPS) is 42.1. The molecule has 0 radical (unpaired) electrons. The van der Waals surface area contributed by atoms with Gasteiger partial charge in [0.1, 0.15) is 0 Å². The van der Waals surface area contributed by atoms with Crippen molar-refractivity contribution < 1.29 is 19.4 Å². The minimum atomic E-state index is -0.223. The second-order valence-corrected chi connectivity index (χ2v) is 12.3. The molecule has 7 unspecified atom stereocenters. The second kappa shape index (κ2) is 10.3. The zero-order valence-electron chi connectivity index (χ0n) is 21.2. The summed E-state index contributed by atoms with van der Waals surface area (Å²) in [7, 11) is 1.39. The molecule has 0 aromatic carbocycles. The van der Waals surface area contributed by atoms with Crippen LogP contribution in [-0.4, -0.2) is 36.7 Å². The van der Waals surface area contributed by atoms with Crippen molar-refractivity contribution >= 4 is 11.9 Å². The first-order valence-corrected chi connectivity index (χ1v) is 13.8. The van der Waals surface area contributed by atoms with Crippen molar-refractivity contribution in [1.29, 1.82) is 0 Å². The molecule has 4 fully saturated rings. The first kappa shape index (κ1) is 25.0. The van der Waals surface area contributed by atoms with Gasteiger partial charge in [0, 0.05) is 19.4 Å². The second-order valence-electron chi connectivity index (χ2n) is 12.3. The summed E-state index contributed by atoms with van der Waals surface area (Å²) < 4.78 is 4.64. The number of nitrogens with one attached hydrogen (secondary N) is 1. The van der Waals surface area contributed by atoms with Crippen molar-refractivity contribution in [2.45, 2.75) is 110 Å². The van der Waals surface area contributed by atoms with Crippen LogP contribution in [0.3, 0.4) is 0 Å². The zero-order valence-corrected chi connectivity index (χ0v) is 21.2. The Labute approximate surface area is 200 Å². The molecule has 33 heavy (non-hydrogen) atoms. The Balaban J connectivity index is 1.29. The standard InChI is InChI=1S/C28H47NO4/c1-27-15-5-4-8-20(27)18-23(30)26-21-13-12-19(28(21,2)16-14-22(26)27)9-6-10-24(31)29-17-7-11-25(32)33-3/h19-23,26,30H,4-18H2,1-3H3,(H,29,31)/t19?,20?,21?,22?,23?,26-,27?,28?/m0/s1. The van der Waals surface area contributed by atoms with E-state index in [1.165, 1.54) is 58.5 Å². The molecule has 0 saturated heterocycles. The fourth-order valence-electron chi connectivity index (χ4n) is 9.00. The molecule has 0 spiro atoms. The van der Waals surface area contributed by atoms with E-state index in [9.17, 15) is 14.7 Å². The van der Waals surface area contributed by atoms with Crippen LogP contribution in [0, 0.1) is 40.4 Å². The Hall–Kier alpha value is -1.10. The molecule has 4 saturated carbocycles. The summed E-state index contributed by atoms with van der Waals surface area (Å²) in [5.41, 5.74) is 0.782. The predicted molar refractivity (Wildman–Crippen MR) is 129 cm³/mol. The maximum absolute atomic E-state index is 12.2. The lowest BCUT2D eigenvalue weighted by Crippen LogP contribution is -2.57. The van der Waals surface area contributed by atoms with Gasteiger partial charge in [0.2, 0.25) is 5.91 Å². The van der Waals surface area contributed by atoms with Gasteiger partial charge in [0.15, 0.2) is 0 Å². The van der Waals surface area contributed by atoms with Crippen molar-refractivity contribution in [2.75, 3.05) is 13.7 Å². The summed E-state index contributed by atoms with van der Waals surface area (Å²) in [5.74, 6) is 3.14. The number of esters is 1. The van der Waals surface area contributed by atoms with Crippen LogP contribution in [0.5, 0.6) is 0 Å². The van der Waals surface area contributed by atoms with Crippen LogP contribution in [0.2, 0.25) is 0 Å². The average Bonchev–Trinajstić information content (AvgIpc) is 3.13. The first-order chi connectivity index (χ1) is 15.8. The molecule has 0 aliphatic heterocycles. The molecular weight excluding hydrogens is 414 g/mol. The van der Waals surface area contributed by atoms with Gasteiger partial charge in [-0.3, -0.25) is 9.59 Å². The molecule has 4 aliphatic carbocycles. The third kappa shape index (κ3) is 4.86. The van der Waals surface area contributed by atoms with Gasteiger partial charge in [-0.15, -0.1) is 0 Å². The van der Waals surface area contributed by atoms with Crippen molar-refractivity contribution in [2.24, 2.45) is 40.4 Å². The number of carbonyl (C=O) groups excluding carboxylic acids is 2. The van der Waals surface area contributed by atoms with Crippen LogP contribution in [0.1, 0.15) is 104 Å². The number of methoxy groups -OCH3 is 1. The van der Waals surface area contributed by atoms with Crippen molar-refractivity contribution in [3.8, 4) is 0 Å². The van der Waals surface area contributed by atoms with Gasteiger partial charge in [0.05, 0.1) is 13.2 Å². The molecule has 4 rings (SSSR count). The summed E-state index contributed by atoms with van der Waals surface area (Å²) in [4.78, 5) is 23.4. The maximum atomic E-state index is 12.2. The highest BCUT2D eigenvalue weighted by Gasteiger charge is 2.61. The topological polar surface area (TPSA) is 75.6 Å². The molecule has 1 amide bonds. The van der Waals surface area contributed by atoms with Crippen molar-refractivity contribution in [1.82, 2.24) is 5.32 Å². The quantitative estimate of drug-likeness (QED) is 0.383. The van der Waals surface area contributed by atoms with E-state index in [4.69, 9.17) is 0 Å². The molecule has 5 heteroatoms. The SMILES string of the molecule is COC(=O)CCCNC(=O)CCCC1CCC2[C@@H]3C(O)CC4CCCCC4(C)C3CCC12C. The molecule has 0 heterocycles. The maximum Gasteiger partial charge on any atom is 0.305 e. The summed E-state index contributed by atoms with van der Waals surface area (Å²) in [6.45, 7) is 5.62. The molecule has 4 aliphatic rings. The Morgan fingerprint density at radius 2 is 1.76 bits per heavy atom. The van der Waals surface area contributed by atoms with Gasteiger partial charge < -0.3 is 15.2 Å². The Bertz CT molecular complexity index is 710. The predicted octanol–water partition coefficient (Wildman–Crippen LogP) is 5.25. The number of ether oxygens (including phenoxy) is 1. The van der Waals surface area contributed by atoms with E-state index in [0.717, 1.165) is 25.2 Å². The molecular formula is C28H47NO4. The fraction of sp³-hybridized carbons (Fsp3) is 0.929. The van der Waals surface area contributed by atoms with Crippen LogP contribution in [0.25, 0.3) is 0 Å². The van der Waals surface area contributed by atoms with Crippen molar-refractivity contribution in [3.05, 3.63) is 0 Å². The van der Waals surface area contributed by atoms with E-state index in [1.54, 1.807) is 0 Å². The van der Waals surface area contributed by atoms with Crippen LogP contribution in [0.4, 0.5) is 0 Å². The number of amides is 1. The number of aliphatic hydroxyl groups excluding tert-OH is 1. The number of hydrogen-bond acceptors (Lipinski definition) is 4. The van der Waals surface area contributed by atoms with Crippen LogP contribution in [-0.2, 0) is 14.3 Å². The number of hydrogen-bond donors (Lipinski definition) is 2. The minimum absolute atomic E-state index is 0.0993. The molecule has 0 bridgehead atoms. The van der Waals surface area contributed by atoms with Gasteiger partial charge in [-0.2, -0.15) is 0 Å². The van der Waals surface area contributed by atoms with E-state index in [-0.39, 0.29) is 18.0 Å².